The number of benzene rings is 1. The van der Waals surface area contributed by atoms with Crippen molar-refractivity contribution in [2.45, 2.75) is 32.4 Å². The van der Waals surface area contributed by atoms with Crippen LogP contribution in [0.15, 0.2) is 40.8 Å². The second-order valence-electron chi connectivity index (χ2n) is 6.98. The Morgan fingerprint density at radius 1 is 1.16 bits per heavy atom. The number of aryl methyl sites for hydroxylation is 1. The normalized spacial score (nSPS) is 18.8. The molecular formula is C20H28N2O3. The van der Waals surface area contributed by atoms with Crippen LogP contribution in [0.5, 0.6) is 0 Å². The maximum atomic E-state index is 10.6. The van der Waals surface area contributed by atoms with E-state index in [0.29, 0.717) is 12.3 Å². The lowest BCUT2D eigenvalue weighted by molar-refractivity contribution is 0.0313. The highest BCUT2D eigenvalue weighted by molar-refractivity contribution is 5.48. The van der Waals surface area contributed by atoms with Gasteiger partial charge in [0, 0.05) is 31.4 Å². The summed E-state index contributed by atoms with van der Waals surface area (Å²) in [4.78, 5) is 2.34. The second-order valence-corrected chi connectivity index (χ2v) is 6.98. The Morgan fingerprint density at radius 2 is 1.84 bits per heavy atom. The van der Waals surface area contributed by atoms with Crippen LogP contribution in [-0.4, -0.2) is 38.0 Å². The fourth-order valence-corrected chi connectivity index (χ4v) is 3.08. The predicted octanol–water partition coefficient (Wildman–Crippen LogP) is 2.98. The fraction of sp³-hybridized carbons (Fsp3) is 0.500. The molecule has 5 nitrogen and oxygen atoms in total. The van der Waals surface area contributed by atoms with Crippen molar-refractivity contribution in [2.24, 2.45) is 0 Å². The lowest BCUT2D eigenvalue weighted by Crippen LogP contribution is -2.37. The maximum Gasteiger partial charge on any atom is 0.136 e. The molecule has 1 aromatic heterocycles. The first-order valence-electron chi connectivity index (χ1n) is 8.91. The van der Waals surface area contributed by atoms with Crippen molar-refractivity contribution in [3.8, 4) is 0 Å². The zero-order chi connectivity index (χ0) is 17.9. The molecule has 1 aliphatic rings. The van der Waals surface area contributed by atoms with Crippen LogP contribution in [0.3, 0.4) is 0 Å². The highest BCUT2D eigenvalue weighted by Gasteiger charge is 2.27. The largest absolute Gasteiger partial charge is 0.463 e. The molecule has 2 aromatic rings. The summed E-state index contributed by atoms with van der Waals surface area (Å²) < 4.78 is 11.0. The second kappa shape index (κ2) is 7.60. The third kappa shape index (κ3) is 4.42. The highest BCUT2D eigenvalue weighted by atomic mass is 16.5. The minimum atomic E-state index is -1.03. The van der Waals surface area contributed by atoms with Crippen LogP contribution in [0.2, 0.25) is 0 Å². The van der Waals surface area contributed by atoms with Crippen LogP contribution in [-0.2, 0) is 10.3 Å². The molecule has 0 saturated carbocycles. The first kappa shape index (κ1) is 18.0. The molecule has 0 spiro atoms. The third-order valence-electron chi connectivity index (χ3n) is 4.79. The molecule has 2 heterocycles. The van der Waals surface area contributed by atoms with Gasteiger partial charge in [0.2, 0.25) is 0 Å². The number of morpholine rings is 1. The van der Waals surface area contributed by atoms with E-state index in [-0.39, 0.29) is 6.04 Å². The summed E-state index contributed by atoms with van der Waals surface area (Å²) >= 11 is 0. The topological polar surface area (TPSA) is 57.9 Å². The van der Waals surface area contributed by atoms with Crippen molar-refractivity contribution in [1.29, 1.82) is 0 Å². The van der Waals surface area contributed by atoms with E-state index in [4.69, 9.17) is 9.15 Å². The van der Waals surface area contributed by atoms with E-state index in [1.54, 1.807) is 6.92 Å². The molecular weight excluding hydrogens is 316 g/mol. The Morgan fingerprint density at radius 3 is 2.44 bits per heavy atom. The molecule has 0 bridgehead atoms. The smallest absolute Gasteiger partial charge is 0.136 e. The van der Waals surface area contributed by atoms with E-state index in [2.05, 4.69) is 41.4 Å². The van der Waals surface area contributed by atoms with Crippen LogP contribution < -0.4 is 10.2 Å². The number of hydrogen-bond donors (Lipinski definition) is 2. The van der Waals surface area contributed by atoms with Gasteiger partial charge in [0.25, 0.3) is 0 Å². The Bertz CT molecular complexity index is 673. The Hall–Kier alpha value is -1.82. The van der Waals surface area contributed by atoms with Gasteiger partial charge in [-0.1, -0.05) is 12.1 Å². The number of aliphatic hydroxyl groups is 1. The number of furan rings is 1. The van der Waals surface area contributed by atoms with Crippen molar-refractivity contribution < 1.29 is 14.3 Å². The SMILES string of the molecule is Cc1ccc(C(C)(O)CNC(C)c2ccc(N3CCOCC3)cc2)o1. The molecule has 2 atom stereocenters. The molecule has 0 amide bonds. The molecule has 1 fully saturated rings. The van der Waals surface area contributed by atoms with E-state index < -0.39 is 5.60 Å². The van der Waals surface area contributed by atoms with Crippen LogP contribution in [0.25, 0.3) is 0 Å². The Balaban J connectivity index is 1.58. The van der Waals surface area contributed by atoms with E-state index in [1.165, 1.54) is 11.3 Å². The summed E-state index contributed by atoms with van der Waals surface area (Å²) in [5, 5.41) is 14.0. The molecule has 1 aromatic carbocycles. The molecule has 136 valence electrons. The van der Waals surface area contributed by atoms with Crippen molar-refractivity contribution in [3.63, 3.8) is 0 Å². The minimum absolute atomic E-state index is 0.140. The number of nitrogens with zero attached hydrogens (tertiary/aromatic N) is 1. The van der Waals surface area contributed by atoms with E-state index in [1.807, 2.05) is 19.1 Å². The lowest BCUT2D eigenvalue weighted by Gasteiger charge is -2.29. The standard InChI is InChI=1S/C20H28N2O3/c1-15-4-9-19(25-15)20(3,23)14-21-16(2)17-5-7-18(8-6-17)22-10-12-24-13-11-22/h4-9,16,21,23H,10-14H2,1-3H3. The van der Waals surface area contributed by atoms with Gasteiger partial charge in [0.1, 0.15) is 17.1 Å². The summed E-state index contributed by atoms with van der Waals surface area (Å²) in [6.07, 6.45) is 0. The molecule has 2 unspecified atom stereocenters. The fourth-order valence-electron chi connectivity index (χ4n) is 3.08. The minimum Gasteiger partial charge on any atom is -0.463 e. The monoisotopic (exact) mass is 344 g/mol. The van der Waals surface area contributed by atoms with Crippen molar-refractivity contribution in [1.82, 2.24) is 5.32 Å². The molecule has 0 aliphatic carbocycles. The summed E-state index contributed by atoms with van der Waals surface area (Å²) in [6.45, 7) is 9.65. The van der Waals surface area contributed by atoms with Gasteiger partial charge in [-0.05, 0) is 50.6 Å². The number of anilines is 1. The summed E-state index contributed by atoms with van der Waals surface area (Å²) in [5.41, 5.74) is 1.40. The van der Waals surface area contributed by atoms with Crippen molar-refractivity contribution >= 4 is 5.69 Å². The molecule has 1 aliphatic heterocycles. The first-order valence-corrected chi connectivity index (χ1v) is 8.91. The Labute approximate surface area is 149 Å². The molecule has 5 heteroatoms. The van der Waals surface area contributed by atoms with Crippen LogP contribution in [0, 0.1) is 6.92 Å². The summed E-state index contributed by atoms with van der Waals surface area (Å²) in [6, 6.07) is 12.5. The number of nitrogens with one attached hydrogen (secondary N) is 1. The maximum absolute atomic E-state index is 10.6. The quantitative estimate of drug-likeness (QED) is 0.844. The first-order chi connectivity index (χ1) is 12.0. The van der Waals surface area contributed by atoms with Crippen LogP contribution in [0.1, 0.15) is 37.0 Å². The molecule has 1 saturated heterocycles. The highest BCUT2D eigenvalue weighted by Crippen LogP contribution is 2.24. The van der Waals surface area contributed by atoms with E-state index in [9.17, 15) is 5.11 Å². The van der Waals surface area contributed by atoms with Gasteiger partial charge in [0.15, 0.2) is 0 Å². The van der Waals surface area contributed by atoms with Gasteiger partial charge >= 0.3 is 0 Å². The Kier molecular flexibility index (Phi) is 5.47. The molecule has 2 N–H and O–H groups in total. The molecule has 3 rings (SSSR count). The van der Waals surface area contributed by atoms with Gasteiger partial charge in [-0.3, -0.25) is 0 Å². The van der Waals surface area contributed by atoms with Gasteiger partial charge < -0.3 is 24.5 Å². The molecule has 25 heavy (non-hydrogen) atoms. The van der Waals surface area contributed by atoms with Gasteiger partial charge in [-0.15, -0.1) is 0 Å². The number of hydrogen-bond acceptors (Lipinski definition) is 5. The predicted molar refractivity (Wildman–Crippen MR) is 98.9 cm³/mol. The van der Waals surface area contributed by atoms with Crippen LogP contribution >= 0.6 is 0 Å². The van der Waals surface area contributed by atoms with Crippen LogP contribution in [0.4, 0.5) is 5.69 Å². The average Bonchev–Trinajstić information content (AvgIpc) is 3.08. The van der Waals surface area contributed by atoms with E-state index >= 15 is 0 Å². The van der Waals surface area contributed by atoms with Gasteiger partial charge in [0.05, 0.1) is 13.2 Å². The number of rotatable bonds is 6. The summed E-state index contributed by atoms with van der Waals surface area (Å²) in [5.74, 6) is 1.40. The number of ether oxygens (including phenoxy) is 1. The van der Waals surface area contributed by atoms with E-state index in [0.717, 1.165) is 32.1 Å². The zero-order valence-electron chi connectivity index (χ0n) is 15.3. The summed E-state index contributed by atoms with van der Waals surface area (Å²) in [7, 11) is 0. The van der Waals surface area contributed by atoms with Gasteiger partial charge in [-0.25, -0.2) is 0 Å². The van der Waals surface area contributed by atoms with Crippen molar-refractivity contribution in [2.75, 3.05) is 37.7 Å². The lowest BCUT2D eigenvalue weighted by atomic mass is 10.0. The van der Waals surface area contributed by atoms with Crippen molar-refractivity contribution in [3.05, 3.63) is 53.5 Å². The average molecular weight is 344 g/mol. The van der Waals surface area contributed by atoms with Gasteiger partial charge in [-0.2, -0.15) is 0 Å². The third-order valence-corrected chi connectivity index (χ3v) is 4.79. The molecule has 0 radical (unpaired) electrons. The zero-order valence-corrected chi connectivity index (χ0v) is 15.3.